The Hall–Kier alpha value is -2.86. The van der Waals surface area contributed by atoms with Gasteiger partial charge in [0, 0.05) is 44.7 Å². The maximum atomic E-state index is 12.9. The van der Waals surface area contributed by atoms with Crippen LogP contribution in [0.5, 0.6) is 5.75 Å². The second-order valence-electron chi connectivity index (χ2n) is 12.9. The van der Waals surface area contributed by atoms with Crippen molar-refractivity contribution in [3.05, 3.63) is 65.2 Å². The number of para-hydroxylation sites is 1. The first-order chi connectivity index (χ1) is 18.9. The summed E-state index contributed by atoms with van der Waals surface area (Å²) in [5.74, 6) is 3.55. The van der Waals surface area contributed by atoms with Crippen LogP contribution in [-0.2, 0) is 22.7 Å². The van der Waals surface area contributed by atoms with Gasteiger partial charge in [-0.25, -0.2) is 0 Å². The van der Waals surface area contributed by atoms with E-state index in [2.05, 4.69) is 53.5 Å². The Morgan fingerprint density at radius 2 is 1.54 bits per heavy atom. The molecule has 1 aliphatic heterocycles. The number of amides is 2. The molecule has 0 unspecified atom stereocenters. The fourth-order valence-corrected chi connectivity index (χ4v) is 8.21. The molecule has 5 aliphatic rings. The highest BCUT2D eigenvalue weighted by Gasteiger charge is 2.51. The molecule has 1 heterocycles. The monoisotopic (exact) mass is 529 g/mol. The quantitative estimate of drug-likeness (QED) is 0.500. The third-order valence-electron chi connectivity index (χ3n) is 9.74. The zero-order valence-corrected chi connectivity index (χ0v) is 23.4. The van der Waals surface area contributed by atoms with E-state index < -0.39 is 0 Å². The van der Waals surface area contributed by atoms with E-state index in [4.69, 9.17) is 4.74 Å². The predicted molar refractivity (Wildman–Crippen MR) is 152 cm³/mol. The van der Waals surface area contributed by atoms with Gasteiger partial charge in [-0.15, -0.1) is 0 Å². The number of aryl methyl sites for hydroxylation is 1. The van der Waals surface area contributed by atoms with Crippen LogP contribution in [0, 0.1) is 30.1 Å². The lowest BCUT2D eigenvalue weighted by molar-refractivity contribution is -0.136. The van der Waals surface area contributed by atoms with Crippen LogP contribution in [0.25, 0.3) is 0 Å². The Kier molecular flexibility index (Phi) is 7.66. The number of rotatable bonds is 9. The molecule has 2 aromatic rings. The van der Waals surface area contributed by atoms with Crippen molar-refractivity contribution in [2.75, 3.05) is 32.7 Å². The summed E-state index contributed by atoms with van der Waals surface area (Å²) >= 11 is 0. The van der Waals surface area contributed by atoms with Crippen LogP contribution in [0.3, 0.4) is 0 Å². The molecule has 1 N–H and O–H groups in total. The van der Waals surface area contributed by atoms with E-state index in [-0.39, 0.29) is 23.8 Å². The third-order valence-corrected chi connectivity index (χ3v) is 9.74. The highest BCUT2D eigenvalue weighted by molar-refractivity contribution is 5.85. The summed E-state index contributed by atoms with van der Waals surface area (Å²) in [6.45, 7) is 6.58. The van der Waals surface area contributed by atoms with Crippen LogP contribution in [0.1, 0.15) is 61.6 Å². The number of nitrogens with one attached hydrogen (secondary N) is 1. The second-order valence-corrected chi connectivity index (χ2v) is 12.9. The lowest BCUT2D eigenvalue weighted by Crippen LogP contribution is -2.51. The summed E-state index contributed by atoms with van der Waals surface area (Å²) in [6.07, 6.45) is 8.45. The van der Waals surface area contributed by atoms with Crippen molar-refractivity contribution in [2.24, 2.45) is 23.2 Å². The van der Waals surface area contributed by atoms with Crippen LogP contribution in [-0.4, -0.2) is 54.3 Å². The SMILES string of the molecule is Cc1ccc(COc2ccccc2CN2CCN(C(=O)CNC(=O)CC34CC5CC(CC(C5)C3)C4)CC2)cc1. The summed E-state index contributed by atoms with van der Waals surface area (Å²) in [5, 5.41) is 2.98. The summed E-state index contributed by atoms with van der Waals surface area (Å²) in [4.78, 5) is 30.0. The number of benzene rings is 2. The molecule has 208 valence electrons. The van der Waals surface area contributed by atoms with Gasteiger partial charge < -0.3 is 15.0 Å². The molecular formula is C33H43N3O3. The van der Waals surface area contributed by atoms with Gasteiger partial charge in [-0.05, 0) is 80.2 Å². The zero-order valence-electron chi connectivity index (χ0n) is 23.4. The van der Waals surface area contributed by atoms with Gasteiger partial charge >= 0.3 is 0 Å². The number of hydrogen-bond acceptors (Lipinski definition) is 4. The van der Waals surface area contributed by atoms with Crippen LogP contribution in [0.15, 0.2) is 48.5 Å². The number of hydrogen-bond donors (Lipinski definition) is 1. The Balaban J connectivity index is 0.940. The predicted octanol–water partition coefficient (Wildman–Crippen LogP) is 4.94. The van der Waals surface area contributed by atoms with Crippen molar-refractivity contribution in [1.29, 1.82) is 0 Å². The van der Waals surface area contributed by atoms with Crippen molar-refractivity contribution < 1.29 is 14.3 Å². The maximum absolute atomic E-state index is 12.9. The van der Waals surface area contributed by atoms with E-state index in [0.717, 1.165) is 48.7 Å². The first-order valence-corrected chi connectivity index (χ1v) is 15.0. The van der Waals surface area contributed by atoms with Crippen LogP contribution >= 0.6 is 0 Å². The average molecular weight is 530 g/mol. The number of ether oxygens (including phenoxy) is 1. The van der Waals surface area contributed by atoms with E-state index in [1.165, 1.54) is 49.7 Å². The first kappa shape index (κ1) is 26.4. The zero-order chi connectivity index (χ0) is 26.8. The Labute approximate surface area is 233 Å². The molecule has 0 spiro atoms. The van der Waals surface area contributed by atoms with Crippen molar-refractivity contribution in [2.45, 2.75) is 65.0 Å². The van der Waals surface area contributed by atoms with Crippen molar-refractivity contribution in [1.82, 2.24) is 15.1 Å². The molecule has 2 aromatic carbocycles. The van der Waals surface area contributed by atoms with Gasteiger partial charge in [0.1, 0.15) is 12.4 Å². The highest BCUT2D eigenvalue weighted by atomic mass is 16.5. The minimum atomic E-state index is 0.0374. The topological polar surface area (TPSA) is 61.9 Å². The maximum Gasteiger partial charge on any atom is 0.242 e. The normalized spacial score (nSPS) is 27.9. The standard InChI is InChI=1S/C33H43N3O3/c1-24-6-8-25(9-7-24)23-39-30-5-3-2-4-29(30)22-35-10-12-36(13-11-35)32(38)21-34-31(37)20-33-17-26-14-27(18-33)16-28(15-26)19-33/h2-9,26-28H,10-23H2,1H3,(H,34,37). The van der Waals surface area contributed by atoms with Crippen LogP contribution in [0.4, 0.5) is 0 Å². The fraction of sp³-hybridized carbons (Fsp3) is 0.576. The Bertz CT molecular complexity index is 1130. The molecule has 7 rings (SSSR count). The summed E-state index contributed by atoms with van der Waals surface area (Å²) in [7, 11) is 0. The molecule has 0 aromatic heterocycles. The van der Waals surface area contributed by atoms with Crippen molar-refractivity contribution in [3.63, 3.8) is 0 Å². The lowest BCUT2D eigenvalue weighted by atomic mass is 9.49. The molecule has 4 bridgehead atoms. The molecular weight excluding hydrogens is 486 g/mol. The number of piperazine rings is 1. The third kappa shape index (κ3) is 6.32. The van der Waals surface area contributed by atoms with Crippen LogP contribution in [0.2, 0.25) is 0 Å². The molecule has 4 saturated carbocycles. The molecule has 6 nitrogen and oxygen atoms in total. The number of carbonyl (C=O) groups is 2. The Morgan fingerprint density at radius 1 is 0.897 bits per heavy atom. The highest BCUT2D eigenvalue weighted by Crippen LogP contribution is 2.61. The number of carbonyl (C=O) groups excluding carboxylic acids is 2. The van der Waals surface area contributed by atoms with Crippen molar-refractivity contribution >= 4 is 11.8 Å². The molecule has 5 fully saturated rings. The van der Waals surface area contributed by atoms with Gasteiger partial charge in [-0.2, -0.15) is 0 Å². The molecule has 0 atom stereocenters. The van der Waals surface area contributed by atoms with Gasteiger partial charge in [0.25, 0.3) is 0 Å². The van der Waals surface area contributed by atoms with E-state index >= 15 is 0 Å². The Morgan fingerprint density at radius 3 is 2.21 bits per heavy atom. The first-order valence-electron chi connectivity index (χ1n) is 15.0. The molecule has 1 saturated heterocycles. The molecule has 0 radical (unpaired) electrons. The minimum Gasteiger partial charge on any atom is -0.489 e. The van der Waals surface area contributed by atoms with Gasteiger partial charge in [0.15, 0.2) is 0 Å². The number of nitrogens with zero attached hydrogens (tertiary/aromatic N) is 2. The molecule has 39 heavy (non-hydrogen) atoms. The lowest BCUT2D eigenvalue weighted by Gasteiger charge is -2.56. The fourth-order valence-electron chi connectivity index (χ4n) is 8.21. The summed E-state index contributed by atoms with van der Waals surface area (Å²) < 4.78 is 6.17. The van der Waals surface area contributed by atoms with E-state index in [1.54, 1.807) is 0 Å². The summed E-state index contributed by atoms with van der Waals surface area (Å²) in [5.41, 5.74) is 3.79. The second kappa shape index (κ2) is 11.3. The van der Waals surface area contributed by atoms with E-state index in [9.17, 15) is 9.59 Å². The molecule has 6 heteroatoms. The van der Waals surface area contributed by atoms with E-state index in [0.29, 0.717) is 26.1 Å². The molecule has 2 amide bonds. The van der Waals surface area contributed by atoms with Crippen molar-refractivity contribution in [3.8, 4) is 5.75 Å². The van der Waals surface area contributed by atoms with E-state index in [1.807, 2.05) is 17.0 Å². The largest absolute Gasteiger partial charge is 0.489 e. The minimum absolute atomic E-state index is 0.0374. The molecule has 4 aliphatic carbocycles. The van der Waals surface area contributed by atoms with Gasteiger partial charge in [0.05, 0.1) is 6.54 Å². The average Bonchev–Trinajstić information content (AvgIpc) is 2.91. The summed E-state index contributed by atoms with van der Waals surface area (Å²) in [6, 6.07) is 16.7. The van der Waals surface area contributed by atoms with Crippen LogP contribution < -0.4 is 10.1 Å². The van der Waals surface area contributed by atoms with Gasteiger partial charge in [-0.3, -0.25) is 14.5 Å². The van der Waals surface area contributed by atoms with Gasteiger partial charge in [0.2, 0.25) is 11.8 Å². The van der Waals surface area contributed by atoms with Gasteiger partial charge in [-0.1, -0.05) is 48.0 Å². The smallest absolute Gasteiger partial charge is 0.242 e.